The summed E-state index contributed by atoms with van der Waals surface area (Å²) in [6, 6.07) is 19.2. The van der Waals surface area contributed by atoms with Gasteiger partial charge in [-0.05, 0) is 107 Å². The zero-order chi connectivity index (χ0) is 52.1. The molecule has 4 rings (SSSR count). The van der Waals surface area contributed by atoms with Gasteiger partial charge in [0.15, 0.2) is 0 Å². The number of benzene rings is 4. The van der Waals surface area contributed by atoms with Crippen molar-refractivity contribution in [3.63, 3.8) is 0 Å². The summed E-state index contributed by atoms with van der Waals surface area (Å²) in [4.78, 5) is 0.0402. The van der Waals surface area contributed by atoms with E-state index in [1.54, 1.807) is 12.1 Å². The third-order valence-corrected chi connectivity index (χ3v) is 16.9. The van der Waals surface area contributed by atoms with Gasteiger partial charge in [0, 0.05) is 0 Å². The molecule has 0 heterocycles. The first-order valence-electron chi connectivity index (χ1n) is 30.0. The van der Waals surface area contributed by atoms with Crippen molar-refractivity contribution in [1.29, 1.82) is 0 Å². The number of rotatable bonds is 42. The summed E-state index contributed by atoms with van der Waals surface area (Å²) in [5, 5.41) is 3.98. The van der Waals surface area contributed by atoms with Crippen LogP contribution in [0.15, 0.2) is 70.5 Å². The minimum absolute atomic E-state index is 0. The SMILES string of the molecule is CCCCCCCCCCCc1c(S(=O)(=O)[O-])cc2ccccc2c1CCCCCCCCCCC.CCCCCCCCCCCc1c(S(=O)(=O)[O-])cc2ccccc2c1CCCCCCCCCCC.[Ca+2]. The molecule has 4 aromatic carbocycles. The third kappa shape index (κ3) is 28.1. The fourth-order valence-corrected chi connectivity index (χ4v) is 12.5. The average Bonchev–Trinajstić information content (AvgIpc) is 3.36. The van der Waals surface area contributed by atoms with Gasteiger partial charge in [0.05, 0.1) is 9.79 Å². The normalized spacial score (nSPS) is 11.8. The van der Waals surface area contributed by atoms with Gasteiger partial charge in [-0.15, -0.1) is 0 Å². The second kappa shape index (κ2) is 41.6. The molecule has 73 heavy (non-hydrogen) atoms. The summed E-state index contributed by atoms with van der Waals surface area (Å²) >= 11 is 0. The van der Waals surface area contributed by atoms with Gasteiger partial charge in [-0.1, -0.05) is 282 Å². The molecule has 0 spiro atoms. The van der Waals surface area contributed by atoms with Crippen molar-refractivity contribution in [2.24, 2.45) is 0 Å². The van der Waals surface area contributed by atoms with Crippen molar-refractivity contribution in [2.75, 3.05) is 0 Å². The van der Waals surface area contributed by atoms with E-state index in [4.69, 9.17) is 0 Å². The molecule has 0 fully saturated rings. The van der Waals surface area contributed by atoms with Crippen LogP contribution in [0.4, 0.5) is 0 Å². The topological polar surface area (TPSA) is 114 Å². The standard InChI is InChI=1S/2C32H52O3S.Ca/c2*1-3-5-7-9-11-13-15-17-19-25-30-29-24-22-21-23-28(29)27-32(36(33,34)35)31(30)26-20-18-16-14-12-10-8-6-4-2;/h2*21-24,27H,3-20,25-26H2,1-2H3,(H,33,34,35);/q;;+2/p-2. The minimum Gasteiger partial charge on any atom is -0.744 e. The van der Waals surface area contributed by atoms with Crippen LogP contribution in [0.3, 0.4) is 0 Å². The van der Waals surface area contributed by atoms with Crippen LogP contribution in [-0.2, 0) is 45.9 Å². The largest absolute Gasteiger partial charge is 2.00 e. The Hall–Kier alpha value is -1.52. The fourth-order valence-electron chi connectivity index (χ4n) is 10.9. The Balaban J connectivity index is 0.000000493. The molecule has 9 heteroatoms. The smallest absolute Gasteiger partial charge is 0.744 e. The van der Waals surface area contributed by atoms with E-state index in [1.807, 2.05) is 36.4 Å². The van der Waals surface area contributed by atoms with E-state index in [-0.39, 0.29) is 47.5 Å². The molecule has 0 unspecified atom stereocenters. The predicted molar refractivity (Wildman–Crippen MR) is 313 cm³/mol. The molecule has 6 nitrogen and oxygen atoms in total. The maximum atomic E-state index is 12.3. The summed E-state index contributed by atoms with van der Waals surface area (Å²) in [5.41, 5.74) is 3.80. The van der Waals surface area contributed by atoms with Crippen LogP contribution < -0.4 is 0 Å². The number of aryl methyl sites for hydroxylation is 2. The van der Waals surface area contributed by atoms with Gasteiger partial charge in [-0.25, -0.2) is 16.8 Å². The molecule has 0 radical (unpaired) electrons. The Bertz CT molecular complexity index is 2100. The molecule has 4 aromatic rings. The molecular weight excluding hydrogens is 969 g/mol. The van der Waals surface area contributed by atoms with E-state index >= 15 is 0 Å². The Morgan fingerprint density at radius 3 is 0.740 bits per heavy atom. The van der Waals surface area contributed by atoms with Crippen molar-refractivity contribution in [3.05, 3.63) is 82.9 Å². The Kier molecular flexibility index (Phi) is 38.5. The Labute approximate surface area is 478 Å². The maximum absolute atomic E-state index is 12.3. The third-order valence-electron chi connectivity index (χ3n) is 15.1. The maximum Gasteiger partial charge on any atom is 2.00 e. The minimum atomic E-state index is -4.51. The molecule has 0 aliphatic heterocycles. The first kappa shape index (κ1) is 67.6. The van der Waals surface area contributed by atoms with E-state index in [1.165, 1.54) is 180 Å². The van der Waals surface area contributed by atoms with Gasteiger partial charge >= 0.3 is 37.7 Å². The molecule has 0 aliphatic carbocycles. The van der Waals surface area contributed by atoms with Crippen molar-refractivity contribution in [3.8, 4) is 0 Å². The monoisotopic (exact) mass is 1070 g/mol. The van der Waals surface area contributed by atoms with E-state index in [0.717, 1.165) is 108 Å². The summed E-state index contributed by atoms with van der Waals surface area (Å²) in [5.74, 6) is 0. The van der Waals surface area contributed by atoms with Gasteiger partial charge in [0.1, 0.15) is 20.2 Å². The number of fused-ring (bicyclic) bond motifs is 2. The van der Waals surface area contributed by atoms with Crippen molar-refractivity contribution < 1.29 is 25.9 Å². The molecule has 0 aliphatic rings. The Morgan fingerprint density at radius 1 is 0.301 bits per heavy atom. The van der Waals surface area contributed by atoms with Crippen molar-refractivity contribution in [1.82, 2.24) is 0 Å². The van der Waals surface area contributed by atoms with Crippen molar-refractivity contribution in [2.45, 2.75) is 294 Å². The van der Waals surface area contributed by atoms with Gasteiger partial charge < -0.3 is 9.11 Å². The van der Waals surface area contributed by atoms with Gasteiger partial charge in [-0.2, -0.15) is 0 Å². The van der Waals surface area contributed by atoms with E-state index in [0.29, 0.717) is 12.8 Å². The number of hydrogen-bond acceptors (Lipinski definition) is 6. The van der Waals surface area contributed by atoms with Gasteiger partial charge in [0.2, 0.25) is 0 Å². The summed E-state index contributed by atoms with van der Waals surface area (Å²) < 4.78 is 73.7. The van der Waals surface area contributed by atoms with E-state index in [9.17, 15) is 25.9 Å². The van der Waals surface area contributed by atoms with Crippen LogP contribution in [0.5, 0.6) is 0 Å². The molecule has 0 aromatic heterocycles. The van der Waals surface area contributed by atoms with Crippen LogP contribution in [0, 0.1) is 0 Å². The van der Waals surface area contributed by atoms with Crippen LogP contribution in [-0.4, -0.2) is 63.7 Å². The van der Waals surface area contributed by atoms with E-state index < -0.39 is 20.2 Å². The molecule has 0 atom stereocenters. The van der Waals surface area contributed by atoms with Crippen LogP contribution in [0.2, 0.25) is 0 Å². The van der Waals surface area contributed by atoms with Crippen LogP contribution >= 0.6 is 0 Å². The number of unbranched alkanes of at least 4 members (excludes halogenated alkanes) is 32. The Morgan fingerprint density at radius 2 is 0.507 bits per heavy atom. The zero-order valence-electron chi connectivity index (χ0n) is 47.0. The molecule has 408 valence electrons. The van der Waals surface area contributed by atoms with Crippen LogP contribution in [0.1, 0.15) is 281 Å². The summed E-state index contributed by atoms with van der Waals surface area (Å²) in [7, 11) is -9.02. The van der Waals surface area contributed by atoms with Gasteiger partial charge in [0.25, 0.3) is 0 Å². The second-order valence-corrected chi connectivity index (χ2v) is 24.0. The van der Waals surface area contributed by atoms with Crippen LogP contribution in [0.25, 0.3) is 21.5 Å². The first-order valence-corrected chi connectivity index (χ1v) is 32.8. The average molecular weight is 1070 g/mol. The van der Waals surface area contributed by atoms with Crippen molar-refractivity contribution >= 4 is 79.5 Å². The van der Waals surface area contributed by atoms with Gasteiger partial charge in [-0.3, -0.25) is 0 Å². The quantitative estimate of drug-likeness (QED) is 0.0248. The summed E-state index contributed by atoms with van der Waals surface area (Å²) in [6.45, 7) is 8.99. The molecule has 0 saturated carbocycles. The first-order chi connectivity index (χ1) is 35.0. The predicted octanol–water partition coefficient (Wildman–Crippen LogP) is 19.4. The summed E-state index contributed by atoms with van der Waals surface area (Å²) in [6.07, 6.45) is 47.8. The molecule has 0 bridgehead atoms. The molecule has 0 amide bonds. The second-order valence-electron chi connectivity index (χ2n) is 21.3. The fraction of sp³-hybridized carbons (Fsp3) is 0.688. The zero-order valence-corrected chi connectivity index (χ0v) is 50.9. The molecule has 0 saturated heterocycles. The molecular formula is C64H102CaO6S2. The van der Waals surface area contributed by atoms with E-state index in [2.05, 4.69) is 39.8 Å². The number of hydrogen-bond donors (Lipinski definition) is 0. The molecule has 0 N–H and O–H groups in total.